The molecule has 0 N–H and O–H groups in total. The highest BCUT2D eigenvalue weighted by Gasteiger charge is 2.16. The van der Waals surface area contributed by atoms with Gasteiger partial charge in [0, 0.05) is 25.4 Å². The molecule has 18 heavy (non-hydrogen) atoms. The van der Waals surface area contributed by atoms with Gasteiger partial charge in [0.15, 0.2) is 5.78 Å². The van der Waals surface area contributed by atoms with Crippen molar-refractivity contribution in [3.63, 3.8) is 0 Å². The lowest BCUT2D eigenvalue weighted by molar-refractivity contribution is 0.0972. The highest BCUT2D eigenvalue weighted by Crippen LogP contribution is 2.18. The van der Waals surface area contributed by atoms with E-state index in [1.807, 2.05) is 19.1 Å². The van der Waals surface area contributed by atoms with Gasteiger partial charge in [-0.25, -0.2) is 0 Å². The highest BCUT2D eigenvalue weighted by molar-refractivity contribution is 6.33. The topological polar surface area (TPSA) is 47.8 Å². The molecule has 0 saturated heterocycles. The molecule has 94 valence electrons. The number of halogens is 1. The average molecular weight is 264 g/mol. The van der Waals surface area contributed by atoms with Gasteiger partial charge in [-0.3, -0.25) is 14.5 Å². The van der Waals surface area contributed by atoms with Gasteiger partial charge in [-0.15, -0.1) is 0 Å². The summed E-state index contributed by atoms with van der Waals surface area (Å²) in [5.41, 5.74) is 1.60. The van der Waals surface area contributed by atoms with Gasteiger partial charge in [-0.2, -0.15) is 5.10 Å². The molecule has 2 aromatic heterocycles. The lowest BCUT2D eigenvalue weighted by Crippen LogP contribution is -2.10. The Labute approximate surface area is 111 Å². The van der Waals surface area contributed by atoms with Crippen LogP contribution in [0.2, 0.25) is 5.02 Å². The molecule has 0 amide bonds. The van der Waals surface area contributed by atoms with Crippen LogP contribution in [0.3, 0.4) is 0 Å². The van der Waals surface area contributed by atoms with Crippen molar-refractivity contribution in [1.82, 2.24) is 14.8 Å². The molecule has 0 unspecified atom stereocenters. The van der Waals surface area contributed by atoms with Crippen molar-refractivity contribution in [2.75, 3.05) is 0 Å². The molecule has 0 bridgehead atoms. The van der Waals surface area contributed by atoms with Crippen LogP contribution in [0.25, 0.3) is 0 Å². The molecule has 2 rings (SSSR count). The van der Waals surface area contributed by atoms with E-state index in [2.05, 4.69) is 10.1 Å². The summed E-state index contributed by atoms with van der Waals surface area (Å²) >= 11 is 5.99. The maximum absolute atomic E-state index is 12.1. The first-order chi connectivity index (χ1) is 8.72. The Morgan fingerprint density at radius 1 is 1.39 bits per heavy atom. The predicted octanol–water partition coefficient (Wildman–Crippen LogP) is 2.77. The molecular formula is C13H14ClN3O. The van der Waals surface area contributed by atoms with Gasteiger partial charge < -0.3 is 0 Å². The van der Waals surface area contributed by atoms with Crippen LogP contribution < -0.4 is 0 Å². The van der Waals surface area contributed by atoms with E-state index < -0.39 is 0 Å². The summed E-state index contributed by atoms with van der Waals surface area (Å²) in [5, 5.41) is 4.49. The Morgan fingerprint density at radius 3 is 2.78 bits per heavy atom. The molecule has 4 nitrogen and oxygen atoms in total. The van der Waals surface area contributed by atoms with E-state index >= 15 is 0 Å². The molecule has 0 aromatic carbocycles. The molecule has 0 fully saturated rings. The Kier molecular flexibility index (Phi) is 4.10. The summed E-state index contributed by atoms with van der Waals surface area (Å²) in [6, 6.07) is 3.82. The van der Waals surface area contributed by atoms with Gasteiger partial charge in [0.2, 0.25) is 0 Å². The summed E-state index contributed by atoms with van der Waals surface area (Å²) in [6.07, 6.45) is 6.08. The van der Waals surface area contributed by atoms with Gasteiger partial charge in [-0.1, -0.05) is 11.6 Å². The lowest BCUT2D eigenvalue weighted by atomic mass is 10.1. The van der Waals surface area contributed by atoms with Crippen LogP contribution in [0, 0.1) is 0 Å². The number of aryl methyl sites for hydroxylation is 2. The Hall–Kier alpha value is -1.68. The first-order valence-electron chi connectivity index (χ1n) is 5.85. The summed E-state index contributed by atoms with van der Waals surface area (Å²) in [5.74, 6) is 0.0242. The average Bonchev–Trinajstić information content (AvgIpc) is 2.78. The number of ketones is 1. The normalized spacial score (nSPS) is 10.6. The summed E-state index contributed by atoms with van der Waals surface area (Å²) in [6.45, 7) is 2.58. The number of carbonyl (C=O) groups excluding carboxylic acids is 1. The molecule has 0 aliphatic rings. The third kappa shape index (κ3) is 2.76. The standard InChI is InChI=1S/C13H14ClN3O/c1-2-17-13(11(14)9-16-17)12(18)4-3-10-5-7-15-8-6-10/h5-9H,2-4H2,1H3. The van der Waals surface area contributed by atoms with E-state index in [1.54, 1.807) is 17.1 Å². The summed E-state index contributed by atoms with van der Waals surface area (Å²) in [7, 11) is 0. The first kappa shape index (κ1) is 12.8. The Bertz CT molecular complexity index is 536. The molecule has 0 aliphatic carbocycles. The van der Waals surface area contributed by atoms with Gasteiger partial charge >= 0.3 is 0 Å². The zero-order valence-corrected chi connectivity index (χ0v) is 10.9. The third-order valence-corrected chi connectivity index (χ3v) is 3.03. The van der Waals surface area contributed by atoms with Crippen LogP contribution >= 0.6 is 11.6 Å². The van der Waals surface area contributed by atoms with Crippen molar-refractivity contribution in [2.24, 2.45) is 0 Å². The fraction of sp³-hybridized carbons (Fsp3) is 0.308. The van der Waals surface area contributed by atoms with Gasteiger partial charge in [-0.05, 0) is 31.0 Å². The summed E-state index contributed by atoms with van der Waals surface area (Å²) < 4.78 is 1.64. The minimum Gasteiger partial charge on any atom is -0.292 e. The second-order valence-electron chi connectivity index (χ2n) is 3.94. The number of nitrogens with zero attached hydrogens (tertiary/aromatic N) is 3. The van der Waals surface area contributed by atoms with Crippen LogP contribution in [-0.2, 0) is 13.0 Å². The smallest absolute Gasteiger partial charge is 0.182 e. The lowest BCUT2D eigenvalue weighted by Gasteiger charge is -2.04. The van der Waals surface area contributed by atoms with Crippen molar-refractivity contribution in [3.8, 4) is 0 Å². The third-order valence-electron chi connectivity index (χ3n) is 2.75. The van der Waals surface area contributed by atoms with Crippen LogP contribution in [0.5, 0.6) is 0 Å². The Morgan fingerprint density at radius 2 is 2.11 bits per heavy atom. The zero-order valence-electron chi connectivity index (χ0n) is 10.1. The van der Waals surface area contributed by atoms with Crippen LogP contribution in [-0.4, -0.2) is 20.5 Å². The Balaban J connectivity index is 2.06. The monoisotopic (exact) mass is 263 g/mol. The van der Waals surface area contributed by atoms with Gasteiger partial charge in [0.1, 0.15) is 5.69 Å². The van der Waals surface area contributed by atoms with Crippen molar-refractivity contribution in [1.29, 1.82) is 0 Å². The second-order valence-corrected chi connectivity index (χ2v) is 4.34. The largest absolute Gasteiger partial charge is 0.292 e. The fourth-order valence-electron chi connectivity index (χ4n) is 1.81. The molecule has 0 atom stereocenters. The molecule has 0 spiro atoms. The van der Waals surface area contributed by atoms with Crippen LogP contribution in [0.1, 0.15) is 29.4 Å². The van der Waals surface area contributed by atoms with Crippen molar-refractivity contribution < 1.29 is 4.79 Å². The molecule has 0 aliphatic heterocycles. The quantitative estimate of drug-likeness (QED) is 0.780. The van der Waals surface area contributed by atoms with Crippen LogP contribution in [0.15, 0.2) is 30.7 Å². The number of rotatable bonds is 5. The molecule has 5 heteroatoms. The van der Waals surface area contributed by atoms with Gasteiger partial charge in [0.25, 0.3) is 0 Å². The number of Topliss-reactive ketones (excluding diaryl/α,β-unsaturated/α-hetero) is 1. The molecule has 2 heterocycles. The first-order valence-corrected chi connectivity index (χ1v) is 6.23. The van der Waals surface area contributed by atoms with Crippen LogP contribution in [0.4, 0.5) is 0 Å². The number of aromatic nitrogens is 3. The summed E-state index contributed by atoms with van der Waals surface area (Å²) in [4.78, 5) is 16.1. The maximum atomic E-state index is 12.1. The van der Waals surface area contributed by atoms with E-state index in [4.69, 9.17) is 11.6 Å². The van der Waals surface area contributed by atoms with Gasteiger partial charge in [0.05, 0.1) is 11.2 Å². The number of pyridine rings is 1. The second kappa shape index (κ2) is 5.78. The predicted molar refractivity (Wildman–Crippen MR) is 69.8 cm³/mol. The zero-order chi connectivity index (χ0) is 13.0. The number of carbonyl (C=O) groups is 1. The highest BCUT2D eigenvalue weighted by atomic mass is 35.5. The minimum atomic E-state index is 0.0242. The number of hydrogen-bond donors (Lipinski definition) is 0. The van der Waals surface area contributed by atoms with Crippen molar-refractivity contribution in [2.45, 2.75) is 26.3 Å². The number of hydrogen-bond acceptors (Lipinski definition) is 3. The molecule has 0 saturated carbocycles. The molecule has 0 radical (unpaired) electrons. The molecular weight excluding hydrogens is 250 g/mol. The minimum absolute atomic E-state index is 0.0242. The van der Waals surface area contributed by atoms with E-state index in [-0.39, 0.29) is 5.78 Å². The van der Waals surface area contributed by atoms with E-state index in [9.17, 15) is 4.79 Å². The van der Waals surface area contributed by atoms with E-state index in [0.717, 1.165) is 5.56 Å². The van der Waals surface area contributed by atoms with E-state index in [1.165, 1.54) is 6.20 Å². The maximum Gasteiger partial charge on any atom is 0.182 e. The van der Waals surface area contributed by atoms with E-state index in [0.29, 0.717) is 30.1 Å². The molecule has 2 aromatic rings. The fourth-order valence-corrected chi connectivity index (χ4v) is 2.05. The van der Waals surface area contributed by atoms with Crippen molar-refractivity contribution >= 4 is 17.4 Å². The van der Waals surface area contributed by atoms with Crippen molar-refractivity contribution in [3.05, 3.63) is 47.0 Å². The SMILES string of the molecule is CCn1ncc(Cl)c1C(=O)CCc1ccncc1.